The summed E-state index contributed by atoms with van der Waals surface area (Å²) in [6.07, 6.45) is 3.80. The maximum Gasteiger partial charge on any atom is 0.244 e. The van der Waals surface area contributed by atoms with E-state index < -0.39 is 10.0 Å². The zero-order valence-corrected chi connectivity index (χ0v) is 14.1. The Kier molecular flexibility index (Phi) is 5.37. The molecule has 6 heteroatoms. The fourth-order valence-electron chi connectivity index (χ4n) is 2.50. The van der Waals surface area contributed by atoms with E-state index in [2.05, 4.69) is 9.82 Å². The van der Waals surface area contributed by atoms with Crippen LogP contribution in [-0.4, -0.2) is 18.2 Å². The molecule has 0 radical (unpaired) electrons. The lowest BCUT2D eigenvalue weighted by Gasteiger charge is -2.18. The first kappa shape index (κ1) is 16.7. The fourth-order valence-corrected chi connectivity index (χ4v) is 4.04. The molecule has 2 aromatic rings. The van der Waals surface area contributed by atoms with Gasteiger partial charge >= 0.3 is 0 Å². The largest absolute Gasteiger partial charge is 0.274 e. The number of nitrogens with zero attached hydrogens (tertiary/aromatic N) is 2. The van der Waals surface area contributed by atoms with Crippen molar-refractivity contribution in [3.05, 3.63) is 47.8 Å². The number of sulfonamides is 1. The first-order chi connectivity index (χ1) is 10.5. The van der Waals surface area contributed by atoms with Gasteiger partial charge in [0, 0.05) is 19.3 Å². The van der Waals surface area contributed by atoms with Crippen LogP contribution in [0.25, 0.3) is 0 Å². The number of nitrogens with one attached hydrogen (secondary N) is 1. The van der Waals surface area contributed by atoms with Gasteiger partial charge in [-0.25, -0.2) is 13.1 Å². The Labute approximate surface area is 132 Å². The van der Waals surface area contributed by atoms with E-state index in [0.717, 1.165) is 18.4 Å². The molecule has 0 saturated carbocycles. The van der Waals surface area contributed by atoms with Crippen LogP contribution >= 0.6 is 0 Å². The van der Waals surface area contributed by atoms with E-state index in [0.29, 0.717) is 12.1 Å². The van der Waals surface area contributed by atoms with E-state index in [-0.39, 0.29) is 10.9 Å². The maximum atomic E-state index is 12.7. The van der Waals surface area contributed by atoms with E-state index in [1.54, 1.807) is 17.9 Å². The third-order valence-corrected chi connectivity index (χ3v) is 5.08. The van der Waals surface area contributed by atoms with Crippen molar-refractivity contribution in [2.24, 2.45) is 7.05 Å². The summed E-state index contributed by atoms with van der Waals surface area (Å²) in [6.45, 7) is 3.95. The number of aryl methyl sites for hydroxylation is 2. The highest BCUT2D eigenvalue weighted by Crippen LogP contribution is 2.23. The van der Waals surface area contributed by atoms with Crippen molar-refractivity contribution < 1.29 is 8.42 Å². The predicted octanol–water partition coefficient (Wildman–Crippen LogP) is 2.80. The van der Waals surface area contributed by atoms with Crippen LogP contribution in [0.15, 0.2) is 41.4 Å². The minimum absolute atomic E-state index is 0.221. The van der Waals surface area contributed by atoms with Crippen molar-refractivity contribution in [2.45, 2.75) is 44.0 Å². The molecule has 0 spiro atoms. The van der Waals surface area contributed by atoms with Crippen LogP contribution in [0.2, 0.25) is 0 Å². The van der Waals surface area contributed by atoms with Gasteiger partial charge in [-0.1, -0.05) is 50.6 Å². The molecule has 0 aliphatic heterocycles. The average Bonchev–Trinajstić information content (AvgIpc) is 2.90. The quantitative estimate of drug-likeness (QED) is 0.853. The third kappa shape index (κ3) is 3.75. The zero-order valence-electron chi connectivity index (χ0n) is 13.3. The van der Waals surface area contributed by atoms with Gasteiger partial charge in [-0.2, -0.15) is 5.10 Å². The molecule has 0 aliphatic rings. The summed E-state index contributed by atoms with van der Waals surface area (Å²) in [5, 5.41) is 4.22. The van der Waals surface area contributed by atoms with Crippen LogP contribution < -0.4 is 4.72 Å². The Balaban J connectivity index is 2.32. The lowest BCUT2D eigenvalue weighted by Crippen LogP contribution is -2.29. The normalized spacial score (nSPS) is 13.2. The number of hydrogen-bond acceptors (Lipinski definition) is 3. The van der Waals surface area contributed by atoms with Crippen LogP contribution in [0.5, 0.6) is 0 Å². The third-order valence-electron chi connectivity index (χ3n) is 3.57. The van der Waals surface area contributed by atoms with E-state index >= 15 is 0 Å². The van der Waals surface area contributed by atoms with Crippen molar-refractivity contribution in [3.8, 4) is 0 Å². The Morgan fingerprint density at radius 1 is 1.23 bits per heavy atom. The fraction of sp³-hybridized carbons (Fsp3) is 0.438. The molecule has 0 bridgehead atoms. The van der Waals surface area contributed by atoms with Gasteiger partial charge in [-0.05, 0) is 18.4 Å². The first-order valence-electron chi connectivity index (χ1n) is 7.57. The number of rotatable bonds is 7. The SMILES string of the molecule is CCCC(NS(=O)(=O)c1cn(C)nc1CC)c1ccccc1. The van der Waals surface area contributed by atoms with Crippen molar-refractivity contribution in [2.75, 3.05) is 0 Å². The van der Waals surface area contributed by atoms with Crippen molar-refractivity contribution in [1.29, 1.82) is 0 Å². The monoisotopic (exact) mass is 321 g/mol. The number of hydrogen-bond donors (Lipinski definition) is 1. The topological polar surface area (TPSA) is 64.0 Å². The van der Waals surface area contributed by atoms with Gasteiger partial charge < -0.3 is 0 Å². The molecule has 0 aliphatic carbocycles. The van der Waals surface area contributed by atoms with Crippen LogP contribution in [0.1, 0.15) is 44.0 Å². The molecule has 1 atom stereocenters. The molecule has 1 N–H and O–H groups in total. The molecule has 1 heterocycles. The first-order valence-corrected chi connectivity index (χ1v) is 9.06. The van der Waals surface area contributed by atoms with E-state index in [1.807, 2.05) is 44.2 Å². The van der Waals surface area contributed by atoms with Crippen LogP contribution in [0.3, 0.4) is 0 Å². The van der Waals surface area contributed by atoms with Crippen molar-refractivity contribution >= 4 is 10.0 Å². The average molecular weight is 321 g/mol. The van der Waals surface area contributed by atoms with Gasteiger partial charge in [-0.3, -0.25) is 4.68 Å². The molecule has 1 aromatic heterocycles. The maximum absolute atomic E-state index is 12.7. The summed E-state index contributed by atoms with van der Waals surface area (Å²) in [5.74, 6) is 0. The predicted molar refractivity (Wildman–Crippen MR) is 87.0 cm³/mol. The van der Waals surface area contributed by atoms with Gasteiger partial charge in [0.15, 0.2) is 0 Å². The second-order valence-electron chi connectivity index (χ2n) is 5.34. The van der Waals surface area contributed by atoms with Crippen LogP contribution in [0.4, 0.5) is 0 Å². The van der Waals surface area contributed by atoms with Gasteiger partial charge in [0.05, 0.1) is 5.69 Å². The van der Waals surface area contributed by atoms with E-state index in [9.17, 15) is 8.42 Å². The zero-order chi connectivity index (χ0) is 16.2. The molecule has 22 heavy (non-hydrogen) atoms. The highest BCUT2D eigenvalue weighted by atomic mass is 32.2. The Hall–Kier alpha value is -1.66. The number of aromatic nitrogens is 2. The smallest absolute Gasteiger partial charge is 0.244 e. The minimum atomic E-state index is -3.59. The molecule has 0 amide bonds. The highest BCUT2D eigenvalue weighted by molar-refractivity contribution is 7.89. The summed E-state index contributed by atoms with van der Waals surface area (Å²) in [4.78, 5) is 0.273. The summed E-state index contributed by atoms with van der Waals surface area (Å²) in [6, 6.07) is 9.46. The number of benzene rings is 1. The second kappa shape index (κ2) is 7.07. The lowest BCUT2D eigenvalue weighted by molar-refractivity contribution is 0.535. The van der Waals surface area contributed by atoms with Gasteiger partial charge in [0.1, 0.15) is 4.90 Å². The molecule has 0 fully saturated rings. The summed E-state index contributed by atoms with van der Waals surface area (Å²) < 4.78 is 29.8. The molecule has 1 unspecified atom stereocenters. The Morgan fingerprint density at radius 3 is 2.50 bits per heavy atom. The minimum Gasteiger partial charge on any atom is -0.274 e. The summed E-state index contributed by atoms with van der Waals surface area (Å²) in [7, 11) is -1.85. The molecular formula is C16H23N3O2S. The second-order valence-corrected chi connectivity index (χ2v) is 7.02. The standard InChI is InChI=1S/C16H23N3O2S/c1-4-9-15(13-10-7-6-8-11-13)18-22(20,21)16-12-19(3)17-14(16)5-2/h6-8,10-12,15,18H,4-5,9H2,1-3H3. The molecule has 2 rings (SSSR count). The van der Waals surface area contributed by atoms with E-state index in [1.165, 1.54) is 0 Å². The lowest BCUT2D eigenvalue weighted by atomic mass is 10.0. The van der Waals surface area contributed by atoms with Crippen LogP contribution in [-0.2, 0) is 23.5 Å². The van der Waals surface area contributed by atoms with Gasteiger partial charge in [0.2, 0.25) is 10.0 Å². The van der Waals surface area contributed by atoms with Gasteiger partial charge in [-0.15, -0.1) is 0 Å². The van der Waals surface area contributed by atoms with Gasteiger partial charge in [0.25, 0.3) is 0 Å². The Bertz CT molecular complexity index is 708. The highest BCUT2D eigenvalue weighted by Gasteiger charge is 2.25. The Morgan fingerprint density at radius 2 is 1.91 bits per heavy atom. The van der Waals surface area contributed by atoms with Crippen molar-refractivity contribution in [3.63, 3.8) is 0 Å². The molecule has 0 saturated heterocycles. The van der Waals surface area contributed by atoms with Crippen LogP contribution in [0, 0.1) is 0 Å². The molecular weight excluding hydrogens is 298 g/mol. The molecule has 5 nitrogen and oxygen atoms in total. The summed E-state index contributed by atoms with van der Waals surface area (Å²) in [5.41, 5.74) is 1.58. The molecule has 120 valence electrons. The summed E-state index contributed by atoms with van der Waals surface area (Å²) >= 11 is 0. The van der Waals surface area contributed by atoms with Crippen molar-refractivity contribution in [1.82, 2.24) is 14.5 Å². The van der Waals surface area contributed by atoms with E-state index in [4.69, 9.17) is 0 Å². The molecule has 1 aromatic carbocycles.